The van der Waals surface area contributed by atoms with Gasteiger partial charge in [-0.3, -0.25) is 0 Å². The molecule has 2 nitrogen and oxygen atoms in total. The molecule has 1 aliphatic rings. The van der Waals surface area contributed by atoms with Crippen molar-refractivity contribution < 1.29 is 4.39 Å². The normalized spacial score (nSPS) is 24.0. The third kappa shape index (κ3) is 2.56. The van der Waals surface area contributed by atoms with E-state index in [4.69, 9.17) is 17.3 Å². The van der Waals surface area contributed by atoms with Gasteiger partial charge in [-0.2, -0.15) is 0 Å². The van der Waals surface area contributed by atoms with E-state index >= 15 is 0 Å². The molecule has 4 heteroatoms. The van der Waals surface area contributed by atoms with Crippen LogP contribution < -0.4 is 10.6 Å². The summed E-state index contributed by atoms with van der Waals surface area (Å²) < 4.78 is 13.6. The van der Waals surface area contributed by atoms with Gasteiger partial charge in [0.1, 0.15) is 5.82 Å². The number of halogens is 2. The van der Waals surface area contributed by atoms with Crippen molar-refractivity contribution >= 4 is 23.0 Å². The lowest BCUT2D eigenvalue weighted by Crippen LogP contribution is -2.39. The second-order valence-corrected chi connectivity index (χ2v) is 5.67. The van der Waals surface area contributed by atoms with Crippen LogP contribution in [0.1, 0.15) is 32.6 Å². The van der Waals surface area contributed by atoms with E-state index in [9.17, 15) is 4.39 Å². The molecule has 2 atom stereocenters. The van der Waals surface area contributed by atoms with E-state index < -0.39 is 5.82 Å². The first-order valence-electron chi connectivity index (χ1n) is 6.48. The summed E-state index contributed by atoms with van der Waals surface area (Å²) in [5.74, 6) is 0.207. The number of benzene rings is 1. The Balaban J connectivity index is 2.27. The van der Waals surface area contributed by atoms with E-state index in [1.54, 1.807) is 0 Å². The number of nitrogens with zero attached hydrogens (tertiary/aromatic N) is 1. The van der Waals surface area contributed by atoms with Crippen LogP contribution in [0.4, 0.5) is 15.8 Å². The third-order valence-corrected chi connectivity index (χ3v) is 4.30. The summed E-state index contributed by atoms with van der Waals surface area (Å²) >= 11 is 5.73. The van der Waals surface area contributed by atoms with Gasteiger partial charge in [-0.25, -0.2) is 4.39 Å². The maximum atomic E-state index is 13.6. The molecule has 0 aromatic heterocycles. The molecule has 0 spiro atoms. The van der Waals surface area contributed by atoms with Crippen molar-refractivity contribution in [1.29, 1.82) is 0 Å². The summed E-state index contributed by atoms with van der Waals surface area (Å²) in [6.45, 7) is 2.25. The minimum Gasteiger partial charge on any atom is -0.397 e. The van der Waals surface area contributed by atoms with Gasteiger partial charge in [-0.05, 0) is 24.8 Å². The van der Waals surface area contributed by atoms with Crippen LogP contribution in [0.15, 0.2) is 12.1 Å². The van der Waals surface area contributed by atoms with E-state index in [2.05, 4.69) is 11.8 Å². The molecule has 0 heterocycles. The van der Waals surface area contributed by atoms with Crippen molar-refractivity contribution in [3.8, 4) is 0 Å². The highest BCUT2D eigenvalue weighted by Crippen LogP contribution is 2.35. The number of nitrogen functional groups attached to an aromatic ring is 1. The Hall–Kier alpha value is -0.960. The van der Waals surface area contributed by atoms with E-state index in [1.165, 1.54) is 31.4 Å². The van der Waals surface area contributed by atoms with Crippen LogP contribution in [0.2, 0.25) is 5.02 Å². The van der Waals surface area contributed by atoms with Gasteiger partial charge in [0.15, 0.2) is 0 Å². The molecule has 2 N–H and O–H groups in total. The molecule has 1 saturated carbocycles. The van der Waals surface area contributed by atoms with Crippen molar-refractivity contribution in [2.24, 2.45) is 5.92 Å². The molecular formula is C14H20ClFN2. The summed E-state index contributed by atoms with van der Waals surface area (Å²) in [6, 6.07) is 3.37. The van der Waals surface area contributed by atoms with Gasteiger partial charge >= 0.3 is 0 Å². The Kier molecular flexibility index (Phi) is 4.00. The highest BCUT2D eigenvalue weighted by atomic mass is 35.5. The van der Waals surface area contributed by atoms with Gasteiger partial charge in [0.2, 0.25) is 0 Å². The van der Waals surface area contributed by atoms with Gasteiger partial charge in [0.05, 0.1) is 16.4 Å². The largest absolute Gasteiger partial charge is 0.397 e. The Bertz CT molecular complexity index is 436. The van der Waals surface area contributed by atoms with Crippen LogP contribution in [0.25, 0.3) is 0 Å². The molecule has 1 aliphatic carbocycles. The molecule has 0 saturated heterocycles. The fourth-order valence-electron chi connectivity index (χ4n) is 2.91. The molecule has 18 heavy (non-hydrogen) atoms. The van der Waals surface area contributed by atoms with Crippen molar-refractivity contribution in [1.82, 2.24) is 0 Å². The minimum absolute atomic E-state index is 0.0846. The number of anilines is 2. The molecule has 0 radical (unpaired) electrons. The SMILES string of the molecule is CC1CCCCC1N(C)c1cc(F)c(Cl)cc1N. The van der Waals surface area contributed by atoms with Crippen LogP contribution in [-0.4, -0.2) is 13.1 Å². The molecule has 1 fully saturated rings. The third-order valence-electron chi connectivity index (χ3n) is 4.01. The fraction of sp³-hybridized carbons (Fsp3) is 0.571. The summed E-state index contributed by atoms with van der Waals surface area (Å²) in [5, 5.41) is 0.0846. The Morgan fingerprint density at radius 2 is 2.00 bits per heavy atom. The first-order valence-corrected chi connectivity index (χ1v) is 6.86. The molecule has 2 rings (SSSR count). The predicted octanol–water partition coefficient (Wildman–Crippen LogP) is 4.08. The average Bonchev–Trinajstić information content (AvgIpc) is 2.33. The zero-order valence-corrected chi connectivity index (χ0v) is 11.7. The Morgan fingerprint density at radius 1 is 1.33 bits per heavy atom. The Morgan fingerprint density at radius 3 is 2.67 bits per heavy atom. The molecule has 0 bridgehead atoms. The average molecular weight is 271 g/mol. The lowest BCUT2D eigenvalue weighted by molar-refractivity contribution is 0.321. The Labute approximate surface area is 113 Å². The van der Waals surface area contributed by atoms with Crippen LogP contribution in [0.5, 0.6) is 0 Å². The second kappa shape index (κ2) is 5.35. The van der Waals surface area contributed by atoms with Crippen molar-refractivity contribution in [3.05, 3.63) is 23.0 Å². The van der Waals surface area contributed by atoms with Gasteiger partial charge in [0.25, 0.3) is 0 Å². The van der Waals surface area contributed by atoms with Crippen molar-refractivity contribution in [3.63, 3.8) is 0 Å². The lowest BCUT2D eigenvalue weighted by atomic mass is 9.85. The maximum absolute atomic E-state index is 13.6. The topological polar surface area (TPSA) is 29.3 Å². The number of hydrogen-bond acceptors (Lipinski definition) is 2. The number of rotatable bonds is 2. The minimum atomic E-state index is -0.406. The standard InChI is InChI=1S/C14H20ClFN2/c1-9-5-3-4-6-13(9)18(2)14-8-11(16)10(15)7-12(14)17/h7-9,13H,3-6,17H2,1-2H3. The number of nitrogens with two attached hydrogens (primary N) is 1. The van der Waals surface area contributed by atoms with Gasteiger partial charge < -0.3 is 10.6 Å². The zero-order valence-electron chi connectivity index (χ0n) is 10.9. The van der Waals surface area contributed by atoms with E-state index in [0.29, 0.717) is 17.6 Å². The first kappa shape index (κ1) is 13.5. The van der Waals surface area contributed by atoms with Crippen molar-refractivity contribution in [2.45, 2.75) is 38.6 Å². The quantitative estimate of drug-likeness (QED) is 0.821. The van der Waals surface area contributed by atoms with Crippen LogP contribution in [0, 0.1) is 11.7 Å². The highest BCUT2D eigenvalue weighted by molar-refractivity contribution is 6.31. The first-order chi connectivity index (χ1) is 8.50. The fourth-order valence-corrected chi connectivity index (χ4v) is 3.08. The molecular weight excluding hydrogens is 251 g/mol. The molecule has 1 aromatic rings. The second-order valence-electron chi connectivity index (χ2n) is 5.27. The maximum Gasteiger partial charge on any atom is 0.144 e. The summed E-state index contributed by atoms with van der Waals surface area (Å²) in [7, 11) is 1.99. The predicted molar refractivity (Wildman–Crippen MR) is 75.6 cm³/mol. The van der Waals surface area contributed by atoms with Gasteiger partial charge in [0, 0.05) is 19.2 Å². The molecule has 0 aliphatic heterocycles. The lowest BCUT2D eigenvalue weighted by Gasteiger charge is -2.38. The zero-order chi connectivity index (χ0) is 13.3. The van der Waals surface area contributed by atoms with Crippen LogP contribution in [0.3, 0.4) is 0 Å². The molecule has 0 amide bonds. The highest BCUT2D eigenvalue weighted by Gasteiger charge is 2.26. The van der Waals surface area contributed by atoms with E-state index in [-0.39, 0.29) is 5.02 Å². The van der Waals surface area contributed by atoms with Gasteiger partial charge in [-0.1, -0.05) is 31.4 Å². The van der Waals surface area contributed by atoms with E-state index in [0.717, 1.165) is 12.1 Å². The smallest absolute Gasteiger partial charge is 0.144 e. The molecule has 100 valence electrons. The summed E-state index contributed by atoms with van der Waals surface area (Å²) in [5.41, 5.74) is 7.24. The molecule has 2 unspecified atom stereocenters. The van der Waals surface area contributed by atoms with Crippen molar-refractivity contribution in [2.75, 3.05) is 17.7 Å². The number of hydrogen-bond donors (Lipinski definition) is 1. The monoisotopic (exact) mass is 270 g/mol. The van der Waals surface area contributed by atoms with Crippen LogP contribution in [-0.2, 0) is 0 Å². The van der Waals surface area contributed by atoms with Crippen LogP contribution >= 0.6 is 11.6 Å². The summed E-state index contributed by atoms with van der Waals surface area (Å²) in [6.07, 6.45) is 4.89. The van der Waals surface area contributed by atoms with E-state index in [1.807, 2.05) is 7.05 Å². The molecule has 1 aromatic carbocycles. The van der Waals surface area contributed by atoms with Gasteiger partial charge in [-0.15, -0.1) is 0 Å². The summed E-state index contributed by atoms with van der Waals surface area (Å²) in [4.78, 5) is 2.11.